The Morgan fingerprint density at radius 3 is 2.50 bits per heavy atom. The van der Waals surface area contributed by atoms with Crippen molar-refractivity contribution in [3.05, 3.63) is 33.1 Å². The number of hydrogen-bond acceptors (Lipinski definition) is 3. The Labute approximate surface area is 93.3 Å². The van der Waals surface area contributed by atoms with Gasteiger partial charge in [0.25, 0.3) is 5.56 Å². The molecule has 5 nitrogen and oxygen atoms in total. The van der Waals surface area contributed by atoms with Gasteiger partial charge in [0, 0.05) is 25.2 Å². The van der Waals surface area contributed by atoms with Crippen LogP contribution in [0.3, 0.4) is 0 Å². The average molecular weight is 224 g/mol. The minimum Gasteiger partial charge on any atom is -0.301 e. The molecule has 0 radical (unpaired) electrons. The molecule has 0 N–H and O–H groups in total. The van der Waals surface area contributed by atoms with Crippen molar-refractivity contribution in [1.29, 1.82) is 0 Å². The van der Waals surface area contributed by atoms with E-state index in [4.69, 9.17) is 0 Å². The lowest BCUT2D eigenvalue weighted by molar-refractivity contribution is -0.121. The fourth-order valence-electron chi connectivity index (χ4n) is 1.57. The molecule has 1 heterocycles. The van der Waals surface area contributed by atoms with Gasteiger partial charge in [0.05, 0.1) is 6.04 Å². The molecule has 5 heteroatoms. The van der Waals surface area contributed by atoms with Gasteiger partial charge in [0.1, 0.15) is 0 Å². The van der Waals surface area contributed by atoms with Crippen LogP contribution < -0.4 is 11.2 Å². The van der Waals surface area contributed by atoms with Gasteiger partial charge >= 0.3 is 5.69 Å². The van der Waals surface area contributed by atoms with Crippen LogP contribution in [-0.4, -0.2) is 14.9 Å². The molecule has 1 aromatic rings. The molecule has 0 aliphatic carbocycles. The number of ketones is 1. The van der Waals surface area contributed by atoms with Crippen LogP contribution >= 0.6 is 0 Å². The van der Waals surface area contributed by atoms with E-state index in [1.54, 1.807) is 13.8 Å². The lowest BCUT2D eigenvalue weighted by Crippen LogP contribution is -2.42. The summed E-state index contributed by atoms with van der Waals surface area (Å²) in [5.74, 6) is -0.118. The summed E-state index contributed by atoms with van der Waals surface area (Å²) in [6, 6.07) is 0.619. The predicted molar refractivity (Wildman–Crippen MR) is 60.6 cm³/mol. The van der Waals surface area contributed by atoms with Crippen LogP contribution in [0.5, 0.6) is 0 Å². The van der Waals surface area contributed by atoms with Crippen molar-refractivity contribution in [2.75, 3.05) is 0 Å². The van der Waals surface area contributed by atoms with E-state index in [0.717, 1.165) is 4.57 Å². The molecule has 1 aromatic heterocycles. The van der Waals surface area contributed by atoms with Crippen molar-refractivity contribution in [1.82, 2.24) is 9.13 Å². The third-order valence-corrected chi connectivity index (χ3v) is 2.63. The number of Topliss-reactive ketones (excluding diaryl/α,β-unsaturated/α-hetero) is 1. The van der Waals surface area contributed by atoms with Crippen LogP contribution in [0.15, 0.2) is 21.9 Å². The van der Waals surface area contributed by atoms with Crippen LogP contribution in [0.2, 0.25) is 0 Å². The molecule has 0 saturated carbocycles. The first-order chi connectivity index (χ1) is 7.52. The highest BCUT2D eigenvalue weighted by molar-refractivity contribution is 5.81. The Morgan fingerprint density at radius 2 is 2.00 bits per heavy atom. The second-order valence-corrected chi connectivity index (χ2v) is 3.59. The van der Waals surface area contributed by atoms with Gasteiger partial charge in [0.15, 0.2) is 5.78 Å². The third-order valence-electron chi connectivity index (χ3n) is 2.63. The number of carbonyl (C=O) groups is 1. The SMILES string of the molecule is CCC(=O)C(C)n1c(=O)ccn(CC)c1=O. The van der Waals surface area contributed by atoms with Gasteiger partial charge in [-0.15, -0.1) is 0 Å². The van der Waals surface area contributed by atoms with Crippen LogP contribution in [0.1, 0.15) is 33.2 Å². The van der Waals surface area contributed by atoms with Gasteiger partial charge in [-0.3, -0.25) is 9.59 Å². The van der Waals surface area contributed by atoms with E-state index in [1.165, 1.54) is 16.8 Å². The van der Waals surface area contributed by atoms with Gasteiger partial charge in [-0.25, -0.2) is 9.36 Å². The van der Waals surface area contributed by atoms with E-state index in [0.29, 0.717) is 13.0 Å². The summed E-state index contributed by atoms with van der Waals surface area (Å²) < 4.78 is 2.41. The zero-order chi connectivity index (χ0) is 12.3. The van der Waals surface area contributed by atoms with Crippen molar-refractivity contribution in [3.8, 4) is 0 Å². The zero-order valence-electron chi connectivity index (χ0n) is 9.77. The monoisotopic (exact) mass is 224 g/mol. The minimum atomic E-state index is -0.691. The Hall–Kier alpha value is -1.65. The van der Waals surface area contributed by atoms with Gasteiger partial charge in [-0.1, -0.05) is 6.92 Å². The topological polar surface area (TPSA) is 61.1 Å². The number of aryl methyl sites for hydroxylation is 1. The van der Waals surface area contributed by atoms with E-state index >= 15 is 0 Å². The van der Waals surface area contributed by atoms with E-state index in [-0.39, 0.29) is 5.78 Å². The Bertz CT molecular complexity index is 499. The van der Waals surface area contributed by atoms with E-state index in [9.17, 15) is 14.4 Å². The van der Waals surface area contributed by atoms with Crippen LogP contribution in [0, 0.1) is 0 Å². The Morgan fingerprint density at radius 1 is 1.38 bits per heavy atom. The summed E-state index contributed by atoms with van der Waals surface area (Å²) in [4.78, 5) is 34.9. The van der Waals surface area contributed by atoms with Crippen molar-refractivity contribution >= 4 is 5.78 Å². The summed E-state index contributed by atoms with van der Waals surface area (Å²) >= 11 is 0. The Balaban J connectivity index is 3.38. The lowest BCUT2D eigenvalue weighted by atomic mass is 10.1. The quantitative estimate of drug-likeness (QED) is 0.751. The second-order valence-electron chi connectivity index (χ2n) is 3.59. The first-order valence-corrected chi connectivity index (χ1v) is 5.37. The first-order valence-electron chi connectivity index (χ1n) is 5.37. The third kappa shape index (κ3) is 2.13. The normalized spacial score (nSPS) is 12.4. The van der Waals surface area contributed by atoms with Gasteiger partial charge in [0.2, 0.25) is 0 Å². The highest BCUT2D eigenvalue weighted by atomic mass is 16.2. The smallest absolute Gasteiger partial charge is 0.301 e. The van der Waals surface area contributed by atoms with Gasteiger partial charge < -0.3 is 4.57 Å². The molecule has 1 rings (SSSR count). The summed E-state index contributed by atoms with van der Waals surface area (Å²) in [6.45, 7) is 5.58. The largest absolute Gasteiger partial charge is 0.331 e. The molecule has 0 aromatic carbocycles. The highest BCUT2D eigenvalue weighted by Gasteiger charge is 2.17. The molecule has 1 atom stereocenters. The maximum absolute atomic E-state index is 11.9. The number of rotatable bonds is 4. The molecule has 0 bridgehead atoms. The fourth-order valence-corrected chi connectivity index (χ4v) is 1.57. The molecular formula is C11H16N2O3. The molecule has 0 saturated heterocycles. The van der Waals surface area contributed by atoms with Crippen LogP contribution in [-0.2, 0) is 11.3 Å². The number of carbonyl (C=O) groups excluding carboxylic acids is 1. The minimum absolute atomic E-state index is 0.118. The van der Waals surface area contributed by atoms with Gasteiger partial charge in [-0.05, 0) is 13.8 Å². The second kappa shape index (κ2) is 4.92. The summed E-state index contributed by atoms with van der Waals surface area (Å²) in [7, 11) is 0. The average Bonchev–Trinajstić information content (AvgIpc) is 2.28. The Kier molecular flexibility index (Phi) is 3.82. The molecule has 88 valence electrons. The summed E-state index contributed by atoms with van der Waals surface area (Å²) in [5, 5.41) is 0. The zero-order valence-corrected chi connectivity index (χ0v) is 9.77. The molecule has 0 aliphatic heterocycles. The fraction of sp³-hybridized carbons (Fsp3) is 0.545. The predicted octanol–water partition coefficient (Wildman–Crippen LogP) is 0.570. The van der Waals surface area contributed by atoms with E-state index in [2.05, 4.69) is 0 Å². The van der Waals surface area contributed by atoms with E-state index < -0.39 is 17.3 Å². The first kappa shape index (κ1) is 12.4. The van der Waals surface area contributed by atoms with E-state index in [1.807, 2.05) is 6.92 Å². The maximum atomic E-state index is 11.9. The van der Waals surface area contributed by atoms with Crippen molar-refractivity contribution in [2.24, 2.45) is 0 Å². The number of nitrogens with zero attached hydrogens (tertiary/aromatic N) is 2. The molecule has 0 amide bonds. The van der Waals surface area contributed by atoms with Gasteiger partial charge in [-0.2, -0.15) is 0 Å². The summed E-state index contributed by atoms with van der Waals surface area (Å²) in [6.07, 6.45) is 1.76. The van der Waals surface area contributed by atoms with Crippen LogP contribution in [0.4, 0.5) is 0 Å². The molecule has 0 fully saturated rings. The molecular weight excluding hydrogens is 208 g/mol. The summed E-state index contributed by atoms with van der Waals surface area (Å²) in [5.41, 5.74) is -0.853. The highest BCUT2D eigenvalue weighted by Crippen LogP contribution is 2.02. The number of aromatic nitrogens is 2. The molecule has 16 heavy (non-hydrogen) atoms. The maximum Gasteiger partial charge on any atom is 0.331 e. The lowest BCUT2D eigenvalue weighted by Gasteiger charge is -2.13. The van der Waals surface area contributed by atoms with Crippen LogP contribution in [0.25, 0.3) is 0 Å². The van der Waals surface area contributed by atoms with Crippen molar-refractivity contribution in [3.63, 3.8) is 0 Å². The number of hydrogen-bond donors (Lipinski definition) is 0. The molecule has 0 aliphatic rings. The van der Waals surface area contributed by atoms with Crippen molar-refractivity contribution in [2.45, 2.75) is 39.8 Å². The molecule has 1 unspecified atom stereocenters. The van der Waals surface area contributed by atoms with Crippen molar-refractivity contribution < 1.29 is 4.79 Å². The molecule has 0 spiro atoms. The standard InChI is InChI=1S/C11H16N2O3/c1-4-9(14)8(3)13-10(15)6-7-12(5-2)11(13)16/h6-8H,4-5H2,1-3H3.